The van der Waals surface area contributed by atoms with Crippen molar-refractivity contribution in [3.05, 3.63) is 59.7 Å². The van der Waals surface area contributed by atoms with Gasteiger partial charge in [-0.2, -0.15) is 0 Å². The van der Waals surface area contributed by atoms with Crippen LogP contribution in [0.15, 0.2) is 48.5 Å². The van der Waals surface area contributed by atoms with Crippen LogP contribution in [-0.4, -0.2) is 13.1 Å². The monoisotopic (exact) mass is 298 g/mol. The molecule has 0 radical (unpaired) electrons. The highest BCUT2D eigenvalue weighted by Crippen LogP contribution is 2.31. The highest BCUT2D eigenvalue weighted by molar-refractivity contribution is 5.93. The fourth-order valence-corrected chi connectivity index (χ4v) is 2.30. The van der Waals surface area contributed by atoms with Gasteiger partial charge < -0.3 is 9.47 Å². The van der Waals surface area contributed by atoms with E-state index in [1.165, 1.54) is 0 Å². The molecule has 0 atom stereocenters. The fourth-order valence-electron chi connectivity index (χ4n) is 2.30. The topological polar surface area (TPSA) is 35.5 Å². The third kappa shape index (κ3) is 3.30. The van der Waals surface area contributed by atoms with Crippen molar-refractivity contribution in [2.24, 2.45) is 0 Å². The molecule has 0 aromatic heterocycles. The molecule has 22 heavy (non-hydrogen) atoms. The Hall–Kier alpha value is -2.29. The number of hydrogen-bond donors (Lipinski definition) is 0. The van der Waals surface area contributed by atoms with Crippen LogP contribution in [0.1, 0.15) is 43.1 Å². The van der Waals surface area contributed by atoms with Crippen LogP contribution >= 0.6 is 0 Å². The fraction of sp³-hybridized carbons (Fsp3) is 0.316. The quantitative estimate of drug-likeness (QED) is 0.597. The zero-order valence-electron chi connectivity index (χ0n) is 13.6. The van der Waals surface area contributed by atoms with Crippen molar-refractivity contribution in [2.75, 3.05) is 7.11 Å². The Morgan fingerprint density at radius 1 is 1.00 bits per heavy atom. The molecular weight excluding hydrogens is 276 g/mol. The summed E-state index contributed by atoms with van der Waals surface area (Å²) in [5.41, 5.74) is 1.51. The largest absolute Gasteiger partial charge is 0.493 e. The summed E-state index contributed by atoms with van der Waals surface area (Å²) >= 11 is 0. The maximum Gasteiger partial charge on any atom is 0.343 e. The molecule has 0 aliphatic heterocycles. The predicted octanol–water partition coefficient (Wildman–Crippen LogP) is 4.60. The van der Waals surface area contributed by atoms with E-state index >= 15 is 0 Å². The summed E-state index contributed by atoms with van der Waals surface area (Å²) in [6.07, 6.45) is 0.936. The lowest BCUT2D eigenvalue weighted by molar-refractivity contribution is 0.0727. The molecular formula is C19H22O3. The van der Waals surface area contributed by atoms with Crippen LogP contribution in [-0.2, 0) is 5.41 Å². The molecule has 0 amide bonds. The van der Waals surface area contributed by atoms with E-state index in [2.05, 4.69) is 20.8 Å². The highest BCUT2D eigenvalue weighted by Gasteiger charge is 2.25. The first-order valence-electron chi connectivity index (χ1n) is 7.44. The van der Waals surface area contributed by atoms with Crippen molar-refractivity contribution in [3.8, 4) is 11.5 Å². The molecule has 3 heteroatoms. The molecule has 0 saturated carbocycles. The van der Waals surface area contributed by atoms with Gasteiger partial charge in [0.05, 0.1) is 12.7 Å². The molecule has 2 aromatic carbocycles. The second-order valence-electron chi connectivity index (χ2n) is 5.82. The molecule has 0 aliphatic carbocycles. The number of benzene rings is 2. The van der Waals surface area contributed by atoms with E-state index in [-0.39, 0.29) is 11.4 Å². The van der Waals surface area contributed by atoms with Crippen LogP contribution in [0.25, 0.3) is 0 Å². The molecule has 0 heterocycles. The Bertz CT molecular complexity index is 659. The number of esters is 1. The normalized spacial score (nSPS) is 11.1. The SMILES string of the molecule is CCC(C)(C)c1ccccc1C(=O)Oc1ccccc1OC. The van der Waals surface area contributed by atoms with Gasteiger partial charge in [0.15, 0.2) is 11.5 Å². The molecule has 0 fully saturated rings. The average Bonchev–Trinajstić information content (AvgIpc) is 2.55. The first-order chi connectivity index (χ1) is 10.5. The van der Waals surface area contributed by atoms with Crippen LogP contribution in [0, 0.1) is 0 Å². The number of methoxy groups -OCH3 is 1. The number of rotatable bonds is 5. The van der Waals surface area contributed by atoms with E-state index < -0.39 is 0 Å². The Balaban J connectivity index is 2.35. The lowest BCUT2D eigenvalue weighted by atomic mass is 9.80. The maximum atomic E-state index is 12.6. The predicted molar refractivity (Wildman–Crippen MR) is 87.7 cm³/mol. The van der Waals surface area contributed by atoms with Crippen molar-refractivity contribution in [2.45, 2.75) is 32.6 Å². The van der Waals surface area contributed by atoms with Crippen molar-refractivity contribution < 1.29 is 14.3 Å². The summed E-state index contributed by atoms with van der Waals surface area (Å²) in [6, 6.07) is 14.7. The van der Waals surface area contributed by atoms with E-state index in [0.29, 0.717) is 17.1 Å². The van der Waals surface area contributed by atoms with E-state index in [0.717, 1.165) is 12.0 Å². The minimum atomic E-state index is -0.360. The summed E-state index contributed by atoms with van der Waals surface area (Å²) in [6.45, 7) is 6.37. The van der Waals surface area contributed by atoms with Crippen LogP contribution in [0.4, 0.5) is 0 Å². The van der Waals surface area contributed by atoms with E-state index in [4.69, 9.17) is 9.47 Å². The summed E-state index contributed by atoms with van der Waals surface area (Å²) in [4.78, 5) is 12.6. The molecule has 2 aromatic rings. The molecule has 0 aliphatic rings. The smallest absolute Gasteiger partial charge is 0.343 e. The van der Waals surface area contributed by atoms with Gasteiger partial charge in [-0.15, -0.1) is 0 Å². The van der Waals surface area contributed by atoms with Crippen LogP contribution in [0.2, 0.25) is 0 Å². The van der Waals surface area contributed by atoms with E-state index in [1.807, 2.05) is 36.4 Å². The first-order valence-corrected chi connectivity index (χ1v) is 7.44. The van der Waals surface area contributed by atoms with Gasteiger partial charge in [-0.3, -0.25) is 0 Å². The molecule has 0 bridgehead atoms. The molecule has 0 N–H and O–H groups in total. The first kappa shape index (κ1) is 16.1. The summed E-state index contributed by atoms with van der Waals surface area (Å²) in [5, 5.41) is 0. The lowest BCUT2D eigenvalue weighted by Gasteiger charge is -2.25. The van der Waals surface area contributed by atoms with E-state index in [9.17, 15) is 4.79 Å². The Kier molecular flexibility index (Phi) is 4.86. The lowest BCUT2D eigenvalue weighted by Crippen LogP contribution is -2.22. The zero-order chi connectivity index (χ0) is 16.2. The number of hydrogen-bond acceptors (Lipinski definition) is 3. The highest BCUT2D eigenvalue weighted by atomic mass is 16.6. The zero-order valence-corrected chi connectivity index (χ0v) is 13.6. The summed E-state index contributed by atoms with van der Waals surface area (Å²) < 4.78 is 10.8. The van der Waals surface area contributed by atoms with Crippen molar-refractivity contribution >= 4 is 5.97 Å². The van der Waals surface area contributed by atoms with Gasteiger partial charge in [0.25, 0.3) is 0 Å². The van der Waals surface area contributed by atoms with Gasteiger partial charge in [-0.05, 0) is 35.6 Å². The summed E-state index contributed by atoms with van der Waals surface area (Å²) in [5.74, 6) is 0.615. The van der Waals surface area contributed by atoms with E-state index in [1.54, 1.807) is 19.2 Å². The average molecular weight is 298 g/mol. The van der Waals surface area contributed by atoms with Crippen molar-refractivity contribution in [1.82, 2.24) is 0 Å². The van der Waals surface area contributed by atoms with Gasteiger partial charge in [0.2, 0.25) is 0 Å². The maximum absolute atomic E-state index is 12.6. The number of carbonyl (C=O) groups is 1. The van der Waals surface area contributed by atoms with Crippen LogP contribution in [0.5, 0.6) is 11.5 Å². The van der Waals surface area contributed by atoms with Gasteiger partial charge in [-0.25, -0.2) is 4.79 Å². The van der Waals surface area contributed by atoms with Gasteiger partial charge >= 0.3 is 5.97 Å². The molecule has 2 rings (SSSR count). The van der Waals surface area contributed by atoms with Crippen LogP contribution in [0.3, 0.4) is 0 Å². The van der Waals surface area contributed by atoms with Gasteiger partial charge in [-0.1, -0.05) is 51.1 Å². The minimum absolute atomic E-state index is 0.0869. The Morgan fingerprint density at radius 3 is 2.23 bits per heavy atom. The third-order valence-corrected chi connectivity index (χ3v) is 4.03. The standard InChI is InChI=1S/C19H22O3/c1-5-19(2,3)15-11-7-6-10-14(15)18(20)22-17-13-9-8-12-16(17)21-4/h6-13H,5H2,1-4H3. The second kappa shape index (κ2) is 6.65. The van der Waals surface area contributed by atoms with Crippen molar-refractivity contribution in [1.29, 1.82) is 0 Å². The summed E-state index contributed by atoms with van der Waals surface area (Å²) in [7, 11) is 1.56. The Labute approximate surface area is 131 Å². The minimum Gasteiger partial charge on any atom is -0.493 e. The molecule has 116 valence electrons. The molecule has 0 unspecified atom stereocenters. The second-order valence-corrected chi connectivity index (χ2v) is 5.82. The molecule has 0 spiro atoms. The number of ether oxygens (including phenoxy) is 2. The number of para-hydroxylation sites is 2. The van der Waals surface area contributed by atoms with Gasteiger partial charge in [0.1, 0.15) is 0 Å². The third-order valence-electron chi connectivity index (χ3n) is 4.03. The number of carbonyl (C=O) groups excluding carboxylic acids is 1. The molecule has 0 saturated heterocycles. The van der Waals surface area contributed by atoms with Crippen LogP contribution < -0.4 is 9.47 Å². The van der Waals surface area contributed by atoms with Gasteiger partial charge in [0, 0.05) is 0 Å². The van der Waals surface area contributed by atoms with Crippen molar-refractivity contribution in [3.63, 3.8) is 0 Å². The Morgan fingerprint density at radius 2 is 1.59 bits per heavy atom. The molecule has 3 nitrogen and oxygen atoms in total.